The highest BCUT2D eigenvalue weighted by atomic mass is 16.1. The Balaban J connectivity index is 1.68. The van der Waals surface area contributed by atoms with Gasteiger partial charge in [-0.15, -0.1) is 0 Å². The van der Waals surface area contributed by atoms with Crippen molar-refractivity contribution in [3.63, 3.8) is 0 Å². The van der Waals surface area contributed by atoms with E-state index in [2.05, 4.69) is 20.7 Å². The van der Waals surface area contributed by atoms with Crippen LogP contribution in [-0.4, -0.2) is 33.8 Å². The number of aryl methyl sites for hydroxylation is 2. The molecule has 0 radical (unpaired) electrons. The second-order valence-electron chi connectivity index (χ2n) is 4.79. The molecule has 2 rings (SSSR count). The van der Waals surface area contributed by atoms with Crippen molar-refractivity contribution in [2.24, 2.45) is 0 Å². The fraction of sp³-hybridized carbons (Fsp3) is 0.400. The van der Waals surface area contributed by atoms with Crippen LogP contribution in [0.4, 0.5) is 0 Å². The van der Waals surface area contributed by atoms with Gasteiger partial charge in [0.25, 0.3) is 5.91 Å². The standard InChI is InChI=1S/C15H21N5O/c1-3-20-14(18-11-19-20)10-16-8-9-17-15(21)13-6-4-12(2)5-7-13/h4-7,11,16H,3,8-10H2,1-2H3,(H,17,21). The van der Waals surface area contributed by atoms with E-state index in [-0.39, 0.29) is 5.91 Å². The van der Waals surface area contributed by atoms with Crippen molar-refractivity contribution in [2.75, 3.05) is 13.1 Å². The Kier molecular flexibility index (Phi) is 5.45. The second kappa shape index (κ2) is 7.54. The van der Waals surface area contributed by atoms with Gasteiger partial charge in [-0.3, -0.25) is 4.79 Å². The van der Waals surface area contributed by atoms with E-state index in [1.54, 1.807) is 6.33 Å². The summed E-state index contributed by atoms with van der Waals surface area (Å²) in [4.78, 5) is 16.1. The number of nitrogens with one attached hydrogen (secondary N) is 2. The van der Waals surface area contributed by atoms with Gasteiger partial charge in [-0.1, -0.05) is 17.7 Å². The Morgan fingerprint density at radius 2 is 2.00 bits per heavy atom. The van der Waals surface area contributed by atoms with Crippen molar-refractivity contribution < 1.29 is 4.79 Å². The maximum absolute atomic E-state index is 11.9. The normalized spacial score (nSPS) is 10.6. The quantitative estimate of drug-likeness (QED) is 0.749. The highest BCUT2D eigenvalue weighted by molar-refractivity contribution is 5.94. The Labute approximate surface area is 124 Å². The molecule has 1 aromatic heterocycles. The zero-order valence-corrected chi connectivity index (χ0v) is 12.5. The third kappa shape index (κ3) is 4.39. The first-order valence-electron chi connectivity index (χ1n) is 7.13. The number of aromatic nitrogens is 3. The second-order valence-corrected chi connectivity index (χ2v) is 4.79. The van der Waals surface area contributed by atoms with Crippen molar-refractivity contribution in [2.45, 2.75) is 26.9 Å². The van der Waals surface area contributed by atoms with Crippen molar-refractivity contribution in [3.05, 3.63) is 47.5 Å². The van der Waals surface area contributed by atoms with E-state index in [0.717, 1.165) is 17.9 Å². The summed E-state index contributed by atoms with van der Waals surface area (Å²) >= 11 is 0. The van der Waals surface area contributed by atoms with Crippen molar-refractivity contribution in [1.29, 1.82) is 0 Å². The zero-order chi connectivity index (χ0) is 15.1. The number of rotatable bonds is 7. The van der Waals surface area contributed by atoms with Crippen molar-refractivity contribution in [1.82, 2.24) is 25.4 Å². The summed E-state index contributed by atoms with van der Waals surface area (Å²) in [6.45, 7) is 6.75. The predicted octanol–water partition coefficient (Wildman–Crippen LogP) is 1.13. The van der Waals surface area contributed by atoms with Crippen LogP contribution in [0.3, 0.4) is 0 Å². The van der Waals surface area contributed by atoms with Crippen LogP contribution in [0, 0.1) is 6.92 Å². The molecule has 0 saturated carbocycles. The van der Waals surface area contributed by atoms with Crippen LogP contribution >= 0.6 is 0 Å². The Hall–Kier alpha value is -2.21. The van der Waals surface area contributed by atoms with Crippen molar-refractivity contribution in [3.8, 4) is 0 Å². The molecule has 0 unspecified atom stereocenters. The Morgan fingerprint density at radius 3 is 2.71 bits per heavy atom. The van der Waals surface area contributed by atoms with Crippen LogP contribution in [0.2, 0.25) is 0 Å². The van der Waals surface area contributed by atoms with E-state index >= 15 is 0 Å². The average molecular weight is 287 g/mol. The third-order valence-corrected chi connectivity index (χ3v) is 3.18. The molecule has 0 spiro atoms. The molecular weight excluding hydrogens is 266 g/mol. The number of hydrogen-bond donors (Lipinski definition) is 2. The zero-order valence-electron chi connectivity index (χ0n) is 12.5. The van der Waals surface area contributed by atoms with Gasteiger partial charge in [-0.05, 0) is 26.0 Å². The monoisotopic (exact) mass is 287 g/mol. The van der Waals surface area contributed by atoms with Crippen LogP contribution < -0.4 is 10.6 Å². The fourth-order valence-electron chi connectivity index (χ4n) is 1.96. The van der Waals surface area contributed by atoms with E-state index in [1.807, 2.05) is 42.8 Å². The summed E-state index contributed by atoms with van der Waals surface area (Å²) in [6.07, 6.45) is 1.56. The maximum Gasteiger partial charge on any atom is 0.251 e. The van der Waals surface area contributed by atoms with Crippen molar-refractivity contribution >= 4 is 5.91 Å². The van der Waals surface area contributed by atoms with E-state index in [1.165, 1.54) is 0 Å². The summed E-state index contributed by atoms with van der Waals surface area (Å²) < 4.78 is 1.85. The fourth-order valence-corrected chi connectivity index (χ4v) is 1.96. The lowest BCUT2D eigenvalue weighted by molar-refractivity contribution is 0.0954. The Bertz CT molecular complexity index is 576. The van der Waals surface area contributed by atoms with Crippen LogP contribution in [-0.2, 0) is 13.1 Å². The lowest BCUT2D eigenvalue weighted by atomic mass is 10.1. The average Bonchev–Trinajstić information content (AvgIpc) is 2.95. The molecule has 6 nitrogen and oxygen atoms in total. The van der Waals surface area contributed by atoms with Crippen LogP contribution in [0.5, 0.6) is 0 Å². The van der Waals surface area contributed by atoms with Gasteiger partial charge in [0, 0.05) is 25.2 Å². The molecule has 1 heterocycles. The molecule has 6 heteroatoms. The number of carbonyl (C=O) groups excluding carboxylic acids is 1. The maximum atomic E-state index is 11.9. The smallest absolute Gasteiger partial charge is 0.251 e. The SMILES string of the molecule is CCn1ncnc1CNCCNC(=O)c1ccc(C)cc1. The molecule has 21 heavy (non-hydrogen) atoms. The first kappa shape index (κ1) is 15.2. The largest absolute Gasteiger partial charge is 0.351 e. The van der Waals surface area contributed by atoms with Crippen LogP contribution in [0.15, 0.2) is 30.6 Å². The van der Waals surface area contributed by atoms with Gasteiger partial charge in [0.2, 0.25) is 0 Å². The molecule has 112 valence electrons. The van der Waals surface area contributed by atoms with Gasteiger partial charge < -0.3 is 10.6 Å². The van der Waals surface area contributed by atoms with Gasteiger partial charge in [0.1, 0.15) is 12.2 Å². The molecule has 0 saturated heterocycles. The van der Waals surface area contributed by atoms with Gasteiger partial charge in [0.15, 0.2) is 0 Å². The van der Waals surface area contributed by atoms with E-state index < -0.39 is 0 Å². The van der Waals surface area contributed by atoms with Crippen LogP contribution in [0.25, 0.3) is 0 Å². The lowest BCUT2D eigenvalue weighted by Gasteiger charge is -2.07. The molecule has 0 atom stereocenters. The molecule has 1 amide bonds. The number of amides is 1. The number of benzene rings is 1. The highest BCUT2D eigenvalue weighted by Crippen LogP contribution is 2.02. The predicted molar refractivity (Wildman–Crippen MR) is 80.9 cm³/mol. The minimum atomic E-state index is -0.0477. The first-order valence-corrected chi connectivity index (χ1v) is 7.13. The number of nitrogens with zero attached hydrogens (tertiary/aromatic N) is 3. The molecule has 2 aromatic rings. The van der Waals surface area contributed by atoms with Crippen LogP contribution in [0.1, 0.15) is 28.7 Å². The molecular formula is C15H21N5O. The first-order chi connectivity index (χ1) is 10.2. The molecule has 0 aliphatic heterocycles. The minimum absolute atomic E-state index is 0.0477. The molecule has 0 aliphatic rings. The summed E-state index contributed by atoms with van der Waals surface area (Å²) in [7, 11) is 0. The van der Waals surface area contributed by atoms with Gasteiger partial charge in [0.05, 0.1) is 6.54 Å². The molecule has 0 bridgehead atoms. The highest BCUT2D eigenvalue weighted by Gasteiger charge is 2.04. The summed E-state index contributed by atoms with van der Waals surface area (Å²) in [5, 5.41) is 10.2. The molecule has 2 N–H and O–H groups in total. The van der Waals surface area contributed by atoms with Gasteiger partial charge in [-0.2, -0.15) is 5.10 Å². The van der Waals surface area contributed by atoms with E-state index in [9.17, 15) is 4.79 Å². The molecule has 0 fully saturated rings. The minimum Gasteiger partial charge on any atom is -0.351 e. The topological polar surface area (TPSA) is 71.8 Å². The molecule has 1 aromatic carbocycles. The van der Waals surface area contributed by atoms with Gasteiger partial charge >= 0.3 is 0 Å². The summed E-state index contributed by atoms with van der Waals surface area (Å²) in [6, 6.07) is 7.54. The van der Waals surface area contributed by atoms with E-state index in [0.29, 0.717) is 25.2 Å². The van der Waals surface area contributed by atoms with E-state index in [4.69, 9.17) is 0 Å². The molecule has 0 aliphatic carbocycles. The third-order valence-electron chi connectivity index (χ3n) is 3.18. The summed E-state index contributed by atoms with van der Waals surface area (Å²) in [5.74, 6) is 0.857. The summed E-state index contributed by atoms with van der Waals surface area (Å²) in [5.41, 5.74) is 1.83. The lowest BCUT2D eigenvalue weighted by Crippen LogP contribution is -2.32. The Morgan fingerprint density at radius 1 is 1.24 bits per heavy atom. The van der Waals surface area contributed by atoms with Gasteiger partial charge in [-0.25, -0.2) is 9.67 Å². The number of hydrogen-bond acceptors (Lipinski definition) is 4. The number of carbonyl (C=O) groups is 1.